The molecule has 2 aromatic rings. The molecule has 0 unspecified atom stereocenters. The summed E-state index contributed by atoms with van der Waals surface area (Å²) in [4.78, 5) is 0. The van der Waals surface area contributed by atoms with E-state index in [4.69, 9.17) is 4.74 Å². The summed E-state index contributed by atoms with van der Waals surface area (Å²) in [6.07, 6.45) is 2.05. The molecule has 0 aliphatic heterocycles. The number of benzene rings is 2. The predicted molar refractivity (Wildman–Crippen MR) is 72.8 cm³/mol. The van der Waals surface area contributed by atoms with Crippen LogP contribution in [0.15, 0.2) is 36.4 Å². The highest BCUT2D eigenvalue weighted by atomic mass is 16.5. The molecular weight excluding hydrogens is 224 g/mol. The third-order valence-electron chi connectivity index (χ3n) is 3.52. The average Bonchev–Trinajstić information content (AvgIpc) is 3.19. The van der Waals surface area contributed by atoms with Crippen LogP contribution >= 0.6 is 0 Å². The highest BCUT2D eigenvalue weighted by Crippen LogP contribution is 2.36. The normalized spacial score (nSPS) is 16.8. The maximum Gasteiger partial charge on any atom is 0.132 e. The van der Waals surface area contributed by atoms with Gasteiger partial charge in [-0.1, -0.05) is 36.4 Å². The lowest BCUT2D eigenvalue weighted by molar-refractivity contribution is 0.191. The fourth-order valence-electron chi connectivity index (χ4n) is 2.24. The highest BCUT2D eigenvalue weighted by molar-refractivity contribution is 5.89. The Morgan fingerprint density at radius 3 is 2.72 bits per heavy atom. The van der Waals surface area contributed by atoms with E-state index in [1.165, 1.54) is 12.8 Å². The van der Waals surface area contributed by atoms with E-state index in [1.807, 2.05) is 24.3 Å². The SMILES string of the molecule is C[C@@H](O)c1ccc2ccccc2c1OCC1CC1. The first-order valence-electron chi connectivity index (χ1n) is 6.58. The van der Waals surface area contributed by atoms with Gasteiger partial charge in [-0.15, -0.1) is 0 Å². The van der Waals surface area contributed by atoms with Gasteiger partial charge < -0.3 is 9.84 Å². The van der Waals surface area contributed by atoms with Crippen molar-refractivity contribution in [1.82, 2.24) is 0 Å². The molecular formula is C16H18O2. The molecule has 94 valence electrons. The summed E-state index contributed by atoms with van der Waals surface area (Å²) in [5.74, 6) is 1.57. The number of ether oxygens (including phenoxy) is 1. The third-order valence-corrected chi connectivity index (χ3v) is 3.52. The van der Waals surface area contributed by atoms with E-state index >= 15 is 0 Å². The summed E-state index contributed by atoms with van der Waals surface area (Å²) in [7, 11) is 0. The summed E-state index contributed by atoms with van der Waals surface area (Å²) in [6.45, 7) is 2.56. The van der Waals surface area contributed by atoms with Crippen molar-refractivity contribution in [1.29, 1.82) is 0 Å². The maximum absolute atomic E-state index is 9.86. The van der Waals surface area contributed by atoms with Crippen molar-refractivity contribution < 1.29 is 9.84 Å². The van der Waals surface area contributed by atoms with Crippen molar-refractivity contribution in [2.75, 3.05) is 6.61 Å². The zero-order valence-electron chi connectivity index (χ0n) is 10.6. The van der Waals surface area contributed by atoms with Gasteiger partial charge in [0.25, 0.3) is 0 Å². The molecule has 0 radical (unpaired) electrons. The second-order valence-corrected chi connectivity index (χ2v) is 5.14. The molecule has 2 aromatic carbocycles. The molecule has 0 saturated heterocycles. The van der Waals surface area contributed by atoms with Gasteiger partial charge >= 0.3 is 0 Å². The molecule has 18 heavy (non-hydrogen) atoms. The Morgan fingerprint density at radius 1 is 1.22 bits per heavy atom. The van der Waals surface area contributed by atoms with Gasteiger partial charge in [-0.2, -0.15) is 0 Å². The van der Waals surface area contributed by atoms with Crippen molar-refractivity contribution in [3.05, 3.63) is 42.0 Å². The van der Waals surface area contributed by atoms with Crippen LogP contribution in [0.25, 0.3) is 10.8 Å². The molecule has 0 spiro atoms. The zero-order valence-corrected chi connectivity index (χ0v) is 10.6. The van der Waals surface area contributed by atoms with E-state index in [2.05, 4.69) is 12.1 Å². The van der Waals surface area contributed by atoms with E-state index < -0.39 is 6.10 Å². The smallest absolute Gasteiger partial charge is 0.132 e. The molecule has 1 aliphatic carbocycles. The van der Waals surface area contributed by atoms with Gasteiger partial charge in [-0.25, -0.2) is 0 Å². The van der Waals surface area contributed by atoms with Crippen LogP contribution in [0.1, 0.15) is 31.4 Å². The standard InChI is InChI=1S/C16H18O2/c1-11(17)14-9-8-13-4-2-3-5-15(13)16(14)18-10-12-6-7-12/h2-5,8-9,11-12,17H,6-7,10H2,1H3/t11-/m1/s1. The van der Waals surface area contributed by atoms with Gasteiger partial charge in [0.1, 0.15) is 5.75 Å². The van der Waals surface area contributed by atoms with Gasteiger partial charge in [0, 0.05) is 10.9 Å². The summed E-state index contributed by atoms with van der Waals surface area (Å²) in [5, 5.41) is 12.1. The van der Waals surface area contributed by atoms with Gasteiger partial charge in [0.2, 0.25) is 0 Å². The third kappa shape index (κ3) is 2.21. The molecule has 0 amide bonds. The minimum absolute atomic E-state index is 0.496. The van der Waals surface area contributed by atoms with Crippen LogP contribution in [0, 0.1) is 5.92 Å². The number of fused-ring (bicyclic) bond motifs is 1. The largest absolute Gasteiger partial charge is 0.492 e. The highest BCUT2D eigenvalue weighted by Gasteiger charge is 2.23. The maximum atomic E-state index is 9.86. The van der Waals surface area contributed by atoms with Crippen LogP contribution in [0.5, 0.6) is 5.75 Å². The monoisotopic (exact) mass is 242 g/mol. The Kier molecular flexibility index (Phi) is 2.96. The molecule has 2 nitrogen and oxygen atoms in total. The second kappa shape index (κ2) is 4.62. The topological polar surface area (TPSA) is 29.5 Å². The van der Waals surface area contributed by atoms with Crippen molar-refractivity contribution in [3.8, 4) is 5.75 Å². The van der Waals surface area contributed by atoms with Crippen molar-refractivity contribution in [2.24, 2.45) is 5.92 Å². The van der Waals surface area contributed by atoms with Gasteiger partial charge in [-0.05, 0) is 31.1 Å². The van der Waals surface area contributed by atoms with Gasteiger partial charge in [0.05, 0.1) is 12.7 Å². The molecule has 0 aromatic heterocycles. The number of hydrogen-bond donors (Lipinski definition) is 1. The Morgan fingerprint density at radius 2 is 2.00 bits per heavy atom. The second-order valence-electron chi connectivity index (χ2n) is 5.14. The predicted octanol–water partition coefficient (Wildman–Crippen LogP) is 3.68. The minimum Gasteiger partial charge on any atom is -0.492 e. The molecule has 1 saturated carbocycles. The van der Waals surface area contributed by atoms with E-state index in [-0.39, 0.29) is 0 Å². The fourth-order valence-corrected chi connectivity index (χ4v) is 2.24. The van der Waals surface area contributed by atoms with E-state index in [1.54, 1.807) is 6.92 Å². The lowest BCUT2D eigenvalue weighted by Gasteiger charge is -2.16. The van der Waals surface area contributed by atoms with Crippen molar-refractivity contribution in [3.63, 3.8) is 0 Å². The summed E-state index contributed by atoms with van der Waals surface area (Å²) in [5.41, 5.74) is 0.884. The first-order valence-corrected chi connectivity index (χ1v) is 6.58. The lowest BCUT2D eigenvalue weighted by atomic mass is 10.0. The van der Waals surface area contributed by atoms with Crippen LogP contribution < -0.4 is 4.74 Å². The van der Waals surface area contributed by atoms with Crippen LogP contribution in [-0.2, 0) is 0 Å². The van der Waals surface area contributed by atoms with E-state index in [0.717, 1.165) is 28.7 Å². The number of rotatable bonds is 4. The molecule has 1 N–H and O–H groups in total. The quantitative estimate of drug-likeness (QED) is 0.886. The van der Waals surface area contributed by atoms with Crippen LogP contribution in [0.4, 0.5) is 0 Å². The molecule has 3 rings (SSSR count). The number of aliphatic hydroxyl groups excluding tert-OH is 1. The van der Waals surface area contributed by atoms with Crippen LogP contribution in [0.3, 0.4) is 0 Å². The minimum atomic E-state index is -0.496. The Balaban J connectivity index is 2.05. The first kappa shape index (κ1) is 11.5. The first-order chi connectivity index (χ1) is 8.75. The molecule has 1 fully saturated rings. The van der Waals surface area contributed by atoms with E-state index in [9.17, 15) is 5.11 Å². The molecule has 2 heteroatoms. The molecule has 0 heterocycles. The number of aliphatic hydroxyl groups is 1. The summed E-state index contributed by atoms with van der Waals surface area (Å²) >= 11 is 0. The zero-order chi connectivity index (χ0) is 12.5. The summed E-state index contributed by atoms with van der Waals surface area (Å²) < 4.78 is 5.98. The Hall–Kier alpha value is -1.54. The van der Waals surface area contributed by atoms with Crippen molar-refractivity contribution >= 4 is 10.8 Å². The molecule has 0 bridgehead atoms. The van der Waals surface area contributed by atoms with Crippen molar-refractivity contribution in [2.45, 2.75) is 25.9 Å². The number of hydrogen-bond acceptors (Lipinski definition) is 2. The van der Waals surface area contributed by atoms with Gasteiger partial charge in [-0.3, -0.25) is 0 Å². The van der Waals surface area contributed by atoms with E-state index in [0.29, 0.717) is 5.92 Å². The van der Waals surface area contributed by atoms with Crippen LogP contribution in [-0.4, -0.2) is 11.7 Å². The Labute approximate surface area is 107 Å². The fraction of sp³-hybridized carbons (Fsp3) is 0.375. The average molecular weight is 242 g/mol. The molecule has 1 aliphatic rings. The van der Waals surface area contributed by atoms with Crippen LogP contribution in [0.2, 0.25) is 0 Å². The molecule has 1 atom stereocenters. The summed E-state index contributed by atoms with van der Waals surface area (Å²) in [6, 6.07) is 12.2. The van der Waals surface area contributed by atoms with Gasteiger partial charge in [0.15, 0.2) is 0 Å². The Bertz CT molecular complexity index is 556. The lowest BCUT2D eigenvalue weighted by Crippen LogP contribution is -2.04.